The minimum absolute atomic E-state index is 0.0533. The summed E-state index contributed by atoms with van der Waals surface area (Å²) in [4.78, 5) is 37.7. The Balaban J connectivity index is 1.40. The Labute approximate surface area is 206 Å². The van der Waals surface area contributed by atoms with Crippen LogP contribution in [0, 0.1) is 17.8 Å². The summed E-state index contributed by atoms with van der Waals surface area (Å²) in [5.41, 5.74) is 3.26. The molecule has 2 aliphatic rings. The van der Waals surface area contributed by atoms with Gasteiger partial charge in [-0.1, -0.05) is 62.4 Å². The van der Waals surface area contributed by atoms with Crippen LogP contribution in [-0.4, -0.2) is 41.3 Å². The molecule has 1 saturated carbocycles. The second-order valence-corrected chi connectivity index (χ2v) is 10.3. The molecule has 7 nitrogen and oxygen atoms in total. The second-order valence-electron chi connectivity index (χ2n) is 10.3. The van der Waals surface area contributed by atoms with Gasteiger partial charge in [0.25, 0.3) is 0 Å². The first kappa shape index (κ1) is 24.8. The van der Waals surface area contributed by atoms with E-state index in [1.165, 1.54) is 0 Å². The van der Waals surface area contributed by atoms with Gasteiger partial charge in [0.1, 0.15) is 12.1 Å². The first-order chi connectivity index (χ1) is 16.6. The molecule has 3 atom stereocenters. The van der Waals surface area contributed by atoms with E-state index in [-0.39, 0.29) is 30.3 Å². The summed E-state index contributed by atoms with van der Waals surface area (Å²) in [5, 5.41) is 15.3. The van der Waals surface area contributed by atoms with Crippen LogP contribution in [0.15, 0.2) is 48.5 Å². The Bertz CT molecular complexity index is 1080. The lowest BCUT2D eigenvalue weighted by Crippen LogP contribution is -2.58. The molecule has 0 aromatic heterocycles. The van der Waals surface area contributed by atoms with Crippen LogP contribution in [0.1, 0.15) is 57.6 Å². The molecule has 0 bridgehead atoms. The van der Waals surface area contributed by atoms with Crippen molar-refractivity contribution in [2.24, 2.45) is 17.8 Å². The van der Waals surface area contributed by atoms with E-state index in [0.29, 0.717) is 0 Å². The number of ether oxygens (including phenoxy) is 1. The van der Waals surface area contributed by atoms with Crippen molar-refractivity contribution in [2.75, 3.05) is 6.61 Å². The van der Waals surface area contributed by atoms with E-state index in [1.807, 2.05) is 38.1 Å². The molecule has 2 aliphatic carbocycles. The van der Waals surface area contributed by atoms with Gasteiger partial charge in [0.15, 0.2) is 0 Å². The third-order valence-electron chi connectivity index (χ3n) is 7.47. The average molecular weight is 479 g/mol. The number of fused-ring (bicyclic) bond motifs is 3. The van der Waals surface area contributed by atoms with Crippen LogP contribution in [0.25, 0.3) is 11.1 Å². The number of amides is 2. The fraction of sp³-hybridized carbons (Fsp3) is 0.464. The van der Waals surface area contributed by atoms with Gasteiger partial charge in [-0.25, -0.2) is 9.59 Å². The van der Waals surface area contributed by atoms with Gasteiger partial charge in [0.2, 0.25) is 5.91 Å². The maximum absolute atomic E-state index is 13.1. The Hall–Kier alpha value is -3.35. The quantitative estimate of drug-likeness (QED) is 0.490. The van der Waals surface area contributed by atoms with E-state index >= 15 is 0 Å². The molecular formula is C28H34N2O5. The summed E-state index contributed by atoms with van der Waals surface area (Å²) in [5.74, 6) is -2.25. The lowest BCUT2D eigenvalue weighted by Gasteiger charge is -2.32. The molecule has 2 aromatic carbocycles. The van der Waals surface area contributed by atoms with Crippen molar-refractivity contribution in [2.45, 2.75) is 58.0 Å². The van der Waals surface area contributed by atoms with Crippen molar-refractivity contribution >= 4 is 18.0 Å². The Morgan fingerprint density at radius 2 is 1.54 bits per heavy atom. The molecular weight excluding hydrogens is 444 g/mol. The number of benzene rings is 2. The fourth-order valence-electron chi connectivity index (χ4n) is 5.35. The van der Waals surface area contributed by atoms with E-state index in [0.717, 1.165) is 35.1 Å². The molecule has 0 saturated heterocycles. The fourth-order valence-corrected chi connectivity index (χ4v) is 5.35. The highest BCUT2D eigenvalue weighted by atomic mass is 16.5. The first-order valence-corrected chi connectivity index (χ1v) is 12.3. The monoisotopic (exact) mass is 478 g/mol. The number of hydrogen-bond donors (Lipinski definition) is 3. The maximum Gasteiger partial charge on any atom is 0.407 e. The molecule has 35 heavy (non-hydrogen) atoms. The first-order valence-electron chi connectivity index (χ1n) is 12.3. The summed E-state index contributed by atoms with van der Waals surface area (Å²) < 4.78 is 5.63. The third-order valence-corrected chi connectivity index (χ3v) is 7.47. The van der Waals surface area contributed by atoms with E-state index < -0.39 is 29.6 Å². The number of alkyl carbamates (subject to hydrolysis) is 1. The molecule has 2 amide bonds. The number of carboxylic acid groups (broad SMARTS) is 1. The number of aliphatic carboxylic acids is 1. The van der Waals surface area contributed by atoms with Gasteiger partial charge in [-0.2, -0.15) is 0 Å². The zero-order valence-electron chi connectivity index (χ0n) is 20.7. The second kappa shape index (κ2) is 9.72. The average Bonchev–Trinajstić information content (AvgIpc) is 3.61. The molecule has 2 aromatic rings. The van der Waals surface area contributed by atoms with Gasteiger partial charge >= 0.3 is 12.1 Å². The minimum Gasteiger partial charge on any atom is -0.480 e. The van der Waals surface area contributed by atoms with Crippen LogP contribution in [0.2, 0.25) is 0 Å². The predicted octanol–water partition coefficient (Wildman–Crippen LogP) is 4.56. The summed E-state index contributed by atoms with van der Waals surface area (Å²) in [6.45, 7) is 7.27. The van der Waals surface area contributed by atoms with Crippen LogP contribution in [0.4, 0.5) is 4.79 Å². The smallest absolute Gasteiger partial charge is 0.407 e. The van der Waals surface area contributed by atoms with Crippen molar-refractivity contribution in [1.29, 1.82) is 0 Å². The molecule has 3 unspecified atom stereocenters. The van der Waals surface area contributed by atoms with Crippen molar-refractivity contribution < 1.29 is 24.2 Å². The van der Waals surface area contributed by atoms with E-state index in [1.54, 1.807) is 13.8 Å². The molecule has 0 heterocycles. The summed E-state index contributed by atoms with van der Waals surface area (Å²) >= 11 is 0. The minimum atomic E-state index is -1.30. The largest absolute Gasteiger partial charge is 0.480 e. The summed E-state index contributed by atoms with van der Waals surface area (Å²) in [6, 6.07) is 15.7. The normalized spacial score (nSPS) is 18.1. The van der Waals surface area contributed by atoms with Gasteiger partial charge in [-0.15, -0.1) is 0 Å². The van der Waals surface area contributed by atoms with Crippen LogP contribution < -0.4 is 10.6 Å². The molecule has 0 aliphatic heterocycles. The van der Waals surface area contributed by atoms with Gasteiger partial charge in [0.05, 0.1) is 5.92 Å². The van der Waals surface area contributed by atoms with Crippen molar-refractivity contribution in [3.8, 4) is 11.1 Å². The maximum atomic E-state index is 13.1. The van der Waals surface area contributed by atoms with Crippen LogP contribution in [0.3, 0.4) is 0 Å². The number of rotatable bonds is 9. The molecule has 186 valence electrons. The summed E-state index contributed by atoms with van der Waals surface area (Å²) in [6.07, 6.45) is 0.965. The van der Waals surface area contributed by atoms with Crippen LogP contribution >= 0.6 is 0 Å². The third kappa shape index (κ3) is 4.90. The zero-order valence-corrected chi connectivity index (χ0v) is 20.7. The van der Waals surface area contributed by atoms with Gasteiger partial charge in [-0.05, 0) is 60.8 Å². The lowest BCUT2D eigenvalue weighted by atomic mass is 9.86. The number of hydrogen-bond acceptors (Lipinski definition) is 4. The van der Waals surface area contributed by atoms with Gasteiger partial charge < -0.3 is 20.5 Å². The van der Waals surface area contributed by atoms with E-state index in [4.69, 9.17) is 4.74 Å². The van der Waals surface area contributed by atoms with Gasteiger partial charge in [0, 0.05) is 12.0 Å². The van der Waals surface area contributed by atoms with Crippen molar-refractivity contribution in [3.05, 3.63) is 59.7 Å². The van der Waals surface area contributed by atoms with E-state index in [9.17, 15) is 19.5 Å². The summed E-state index contributed by atoms with van der Waals surface area (Å²) in [7, 11) is 0. The van der Waals surface area contributed by atoms with Crippen molar-refractivity contribution in [1.82, 2.24) is 10.6 Å². The van der Waals surface area contributed by atoms with Crippen molar-refractivity contribution in [3.63, 3.8) is 0 Å². The number of carbonyl (C=O) groups is 3. The number of carboxylic acids is 1. The topological polar surface area (TPSA) is 105 Å². The Morgan fingerprint density at radius 1 is 1.00 bits per heavy atom. The number of carbonyl (C=O) groups excluding carboxylic acids is 2. The Morgan fingerprint density at radius 3 is 2.03 bits per heavy atom. The predicted molar refractivity (Wildman–Crippen MR) is 133 cm³/mol. The highest BCUT2D eigenvalue weighted by molar-refractivity contribution is 5.89. The molecule has 0 radical (unpaired) electrons. The molecule has 4 rings (SSSR count). The lowest BCUT2D eigenvalue weighted by molar-refractivity contribution is -0.149. The standard InChI is InChI=1S/C28H34N2O5/c1-16(2)24(25(31)30-28(4,26(32)33)18-13-14-18)17(3)29-27(34)35-15-23-21-11-7-5-9-19(21)20-10-6-8-12-22(20)23/h5-12,16-18,23-24H,13-15H2,1-4H3,(H,29,34)(H,30,31)(H,32,33). The Kier molecular flexibility index (Phi) is 6.88. The molecule has 0 spiro atoms. The van der Waals surface area contributed by atoms with E-state index in [2.05, 4.69) is 34.9 Å². The van der Waals surface area contributed by atoms with Crippen LogP contribution in [0.5, 0.6) is 0 Å². The molecule has 1 fully saturated rings. The number of nitrogens with one attached hydrogen (secondary N) is 2. The highest BCUT2D eigenvalue weighted by Gasteiger charge is 2.49. The zero-order chi connectivity index (χ0) is 25.3. The highest BCUT2D eigenvalue weighted by Crippen LogP contribution is 2.44. The molecule has 7 heteroatoms. The van der Waals surface area contributed by atoms with Gasteiger partial charge in [-0.3, -0.25) is 4.79 Å². The SMILES string of the molecule is CC(C)C(C(=O)NC(C)(C(=O)O)C1CC1)C(C)NC(=O)OCC1c2ccccc2-c2ccccc21. The van der Waals surface area contributed by atoms with Crippen LogP contribution in [-0.2, 0) is 14.3 Å². The molecule has 3 N–H and O–H groups in total.